The second-order valence-corrected chi connectivity index (χ2v) is 9.59. The van der Waals surface area contributed by atoms with Crippen LogP contribution in [-0.2, 0) is 19.4 Å². The number of carbonyl (C=O) groups is 3. The van der Waals surface area contributed by atoms with Gasteiger partial charge in [0.25, 0.3) is 11.8 Å². The number of nitrogens with zero attached hydrogens (tertiary/aromatic N) is 2. The average molecular weight is 462 g/mol. The van der Waals surface area contributed by atoms with Gasteiger partial charge in [-0.3, -0.25) is 14.4 Å². The monoisotopic (exact) mass is 461 g/mol. The number of rotatable bonds is 5. The van der Waals surface area contributed by atoms with Gasteiger partial charge in [-0.15, -0.1) is 0 Å². The van der Waals surface area contributed by atoms with E-state index in [2.05, 4.69) is 5.32 Å². The van der Waals surface area contributed by atoms with Gasteiger partial charge in [0.1, 0.15) is 5.82 Å². The maximum Gasteiger partial charge on any atom is 0.261 e. The second-order valence-electron chi connectivity index (χ2n) is 7.55. The lowest BCUT2D eigenvalue weighted by molar-refractivity contribution is -0.138. The van der Waals surface area contributed by atoms with Gasteiger partial charge < -0.3 is 15.1 Å². The van der Waals surface area contributed by atoms with Crippen molar-refractivity contribution in [1.29, 1.82) is 0 Å². The molecule has 0 spiro atoms. The quantitative estimate of drug-likeness (QED) is 0.677. The van der Waals surface area contributed by atoms with Gasteiger partial charge in [0, 0.05) is 38.7 Å². The lowest BCUT2D eigenvalue weighted by Gasteiger charge is -2.36. The Labute approximate surface area is 185 Å². The van der Waals surface area contributed by atoms with Gasteiger partial charge in [-0.05, 0) is 43.3 Å². The number of sulfone groups is 1. The minimum Gasteiger partial charge on any atom is -0.339 e. The van der Waals surface area contributed by atoms with Crippen molar-refractivity contribution in [2.75, 3.05) is 26.2 Å². The van der Waals surface area contributed by atoms with Gasteiger partial charge in [-0.2, -0.15) is 0 Å². The predicted octanol–water partition coefficient (Wildman–Crippen LogP) is 1.35. The number of aryl methyl sites for hydroxylation is 1. The number of carbonyl (C=O) groups excluding carboxylic acids is 3. The molecule has 2 aromatic carbocycles. The number of piperazine rings is 1. The molecule has 1 fully saturated rings. The van der Waals surface area contributed by atoms with Crippen LogP contribution in [0.15, 0.2) is 53.4 Å². The molecule has 0 aromatic heterocycles. The van der Waals surface area contributed by atoms with Crippen LogP contribution in [0.2, 0.25) is 0 Å². The molecule has 0 bridgehead atoms. The van der Waals surface area contributed by atoms with Gasteiger partial charge in [0.05, 0.1) is 4.90 Å². The molecule has 2 aromatic rings. The van der Waals surface area contributed by atoms with Crippen LogP contribution in [0.3, 0.4) is 0 Å². The highest BCUT2D eigenvalue weighted by atomic mass is 32.2. The first-order chi connectivity index (χ1) is 15.1. The molecule has 0 radical (unpaired) electrons. The Morgan fingerprint density at radius 1 is 0.969 bits per heavy atom. The van der Waals surface area contributed by atoms with Crippen LogP contribution in [0, 0.1) is 12.7 Å². The zero-order chi connectivity index (χ0) is 23.5. The lowest BCUT2D eigenvalue weighted by atomic mass is 10.1. The summed E-state index contributed by atoms with van der Waals surface area (Å²) in [5.74, 6) is -2.30. The van der Waals surface area contributed by atoms with Crippen molar-refractivity contribution in [1.82, 2.24) is 15.1 Å². The zero-order valence-corrected chi connectivity index (χ0v) is 18.6. The molecule has 1 aliphatic rings. The summed E-state index contributed by atoms with van der Waals surface area (Å²) in [5.41, 5.74) is 1.00. The Hall–Kier alpha value is -3.27. The Morgan fingerprint density at radius 2 is 1.56 bits per heavy atom. The summed E-state index contributed by atoms with van der Waals surface area (Å²) in [7, 11) is -4.38. The van der Waals surface area contributed by atoms with Crippen LogP contribution in [0.1, 0.15) is 22.8 Å². The van der Waals surface area contributed by atoms with Crippen molar-refractivity contribution in [3.63, 3.8) is 0 Å². The van der Waals surface area contributed by atoms with E-state index in [4.69, 9.17) is 0 Å². The fourth-order valence-electron chi connectivity index (χ4n) is 3.43. The topological polar surface area (TPSA) is 104 Å². The third-order valence-electron chi connectivity index (χ3n) is 5.26. The van der Waals surface area contributed by atoms with E-state index in [1.54, 1.807) is 30.0 Å². The van der Waals surface area contributed by atoms with Crippen LogP contribution in [0.25, 0.3) is 0 Å². The summed E-state index contributed by atoms with van der Waals surface area (Å²) in [6.07, 6.45) is 0. The highest BCUT2D eigenvalue weighted by molar-refractivity contribution is 7.92. The van der Waals surface area contributed by atoms with Crippen LogP contribution in [-0.4, -0.2) is 67.5 Å². The molecule has 3 rings (SSSR count). The Balaban J connectivity index is 1.92. The molecular weight excluding hydrogens is 437 g/mol. The Bertz CT molecular complexity index is 1130. The fraction of sp³-hybridized carbons (Fsp3) is 0.318. The maximum absolute atomic E-state index is 13.3. The van der Waals surface area contributed by atoms with Crippen molar-refractivity contribution in [3.05, 3.63) is 65.5 Å². The van der Waals surface area contributed by atoms with E-state index in [1.165, 1.54) is 17.9 Å². The Morgan fingerprint density at radius 3 is 2.12 bits per heavy atom. The van der Waals surface area contributed by atoms with E-state index < -0.39 is 32.8 Å². The largest absolute Gasteiger partial charge is 0.339 e. The number of benzene rings is 2. The van der Waals surface area contributed by atoms with Crippen LogP contribution in [0.4, 0.5) is 4.39 Å². The molecule has 10 heteroatoms. The normalized spacial score (nSPS) is 15.2. The van der Waals surface area contributed by atoms with Gasteiger partial charge >= 0.3 is 0 Å². The minimum absolute atomic E-state index is 0.133. The van der Waals surface area contributed by atoms with Crippen molar-refractivity contribution in [2.45, 2.75) is 24.1 Å². The maximum atomic E-state index is 13.3. The molecule has 0 unspecified atom stereocenters. The molecule has 1 heterocycles. The number of hydrogen-bond donors (Lipinski definition) is 1. The molecule has 8 nitrogen and oxygen atoms in total. The first-order valence-corrected chi connectivity index (χ1v) is 11.6. The Kier molecular flexibility index (Phi) is 6.93. The molecule has 170 valence electrons. The van der Waals surface area contributed by atoms with Gasteiger partial charge in [0.2, 0.25) is 21.1 Å². The molecule has 1 N–H and O–H groups in total. The van der Waals surface area contributed by atoms with Crippen LogP contribution in [0.5, 0.6) is 0 Å². The second kappa shape index (κ2) is 9.47. The van der Waals surface area contributed by atoms with E-state index in [9.17, 15) is 27.2 Å². The molecule has 1 atom stereocenters. The van der Waals surface area contributed by atoms with Gasteiger partial charge in [0.15, 0.2) is 0 Å². The third kappa shape index (κ3) is 5.13. The van der Waals surface area contributed by atoms with E-state index in [0.717, 1.165) is 29.8 Å². The van der Waals surface area contributed by atoms with Gasteiger partial charge in [-0.1, -0.05) is 17.7 Å². The first kappa shape index (κ1) is 23.4. The van der Waals surface area contributed by atoms with Gasteiger partial charge in [-0.25, -0.2) is 12.8 Å². The van der Waals surface area contributed by atoms with Crippen LogP contribution < -0.4 is 5.32 Å². The first-order valence-electron chi connectivity index (χ1n) is 10.0. The predicted molar refractivity (Wildman–Crippen MR) is 115 cm³/mol. The molecule has 1 aliphatic heterocycles. The zero-order valence-electron chi connectivity index (χ0n) is 17.7. The van der Waals surface area contributed by atoms with E-state index in [0.29, 0.717) is 0 Å². The molecule has 32 heavy (non-hydrogen) atoms. The number of nitrogens with one attached hydrogen (secondary N) is 1. The van der Waals surface area contributed by atoms with E-state index in [-0.39, 0.29) is 42.5 Å². The van der Waals surface area contributed by atoms with E-state index >= 15 is 0 Å². The number of hydrogen-bond acceptors (Lipinski definition) is 5. The molecule has 0 aliphatic carbocycles. The van der Waals surface area contributed by atoms with E-state index in [1.807, 2.05) is 0 Å². The fourth-order valence-corrected chi connectivity index (χ4v) is 4.89. The minimum atomic E-state index is -4.38. The number of amides is 3. The summed E-state index contributed by atoms with van der Waals surface area (Å²) in [4.78, 5) is 40.2. The van der Waals surface area contributed by atoms with Crippen molar-refractivity contribution >= 4 is 27.6 Å². The SMILES string of the molecule is CC(=O)N1CCN(C(=O)[C@@H](NC(=O)c2cccc(C)c2)S(=O)(=O)c2ccc(F)cc2)CC1. The lowest BCUT2D eigenvalue weighted by Crippen LogP contribution is -2.57. The smallest absolute Gasteiger partial charge is 0.261 e. The summed E-state index contributed by atoms with van der Waals surface area (Å²) >= 11 is 0. The average Bonchev–Trinajstić information content (AvgIpc) is 2.77. The highest BCUT2D eigenvalue weighted by Gasteiger charge is 2.39. The van der Waals surface area contributed by atoms with Crippen molar-refractivity contribution in [2.24, 2.45) is 0 Å². The highest BCUT2D eigenvalue weighted by Crippen LogP contribution is 2.19. The van der Waals surface area contributed by atoms with Crippen molar-refractivity contribution in [3.8, 4) is 0 Å². The molecular formula is C22H24FN3O5S. The van der Waals surface area contributed by atoms with Crippen LogP contribution >= 0.6 is 0 Å². The summed E-state index contributed by atoms with van der Waals surface area (Å²) < 4.78 is 39.9. The summed E-state index contributed by atoms with van der Waals surface area (Å²) in [6.45, 7) is 3.99. The standard InChI is InChI=1S/C22H24FN3O5S/c1-15-4-3-5-17(14-15)20(28)24-21(32(30,31)19-8-6-18(23)7-9-19)22(29)26-12-10-25(11-13-26)16(2)27/h3-9,14,21H,10-13H2,1-2H3,(H,24,28)/t21-/m0/s1. The molecule has 3 amide bonds. The molecule has 1 saturated heterocycles. The molecule has 0 saturated carbocycles. The number of halogens is 1. The third-order valence-corrected chi connectivity index (χ3v) is 7.13. The summed E-state index contributed by atoms with van der Waals surface area (Å²) in [6, 6.07) is 10.6. The van der Waals surface area contributed by atoms with Crippen molar-refractivity contribution < 1.29 is 27.2 Å². The summed E-state index contributed by atoms with van der Waals surface area (Å²) in [5, 5.41) is 0.454.